The zero-order valence-electron chi connectivity index (χ0n) is 12.1. The molecule has 3 heterocycles. The van der Waals surface area contributed by atoms with E-state index >= 15 is 0 Å². The molecule has 9 heteroatoms. The SMILES string of the molecule is O=S1(=O)C[CH]N(c2cn(C3CCNCC3)nc2C(F)F)CC1. The Morgan fingerprint density at radius 1 is 1.32 bits per heavy atom. The number of rotatable bonds is 3. The minimum atomic E-state index is -3.09. The zero-order valence-corrected chi connectivity index (χ0v) is 12.9. The molecule has 1 aromatic rings. The first-order valence-corrected chi connectivity index (χ1v) is 9.17. The second-order valence-electron chi connectivity index (χ2n) is 5.65. The van der Waals surface area contributed by atoms with E-state index in [1.807, 2.05) is 0 Å². The van der Waals surface area contributed by atoms with Crippen LogP contribution < -0.4 is 10.2 Å². The molecule has 6 nitrogen and oxygen atoms in total. The van der Waals surface area contributed by atoms with Crippen LogP contribution in [0.3, 0.4) is 0 Å². The van der Waals surface area contributed by atoms with Crippen LogP contribution in [0.4, 0.5) is 14.5 Å². The Morgan fingerprint density at radius 2 is 2.05 bits per heavy atom. The Kier molecular flexibility index (Phi) is 4.35. The van der Waals surface area contributed by atoms with Gasteiger partial charge in [-0.15, -0.1) is 0 Å². The maximum Gasteiger partial charge on any atom is 0.284 e. The standard InChI is InChI=1S/C13H19F2N4O2S/c14-13(15)12-11(18-5-7-22(20,21)8-6-18)9-19(17-12)10-1-3-16-4-2-10/h5,9-10,13,16H,1-4,6-8H2. The van der Waals surface area contributed by atoms with Gasteiger partial charge in [-0.25, -0.2) is 17.2 Å². The second-order valence-corrected chi connectivity index (χ2v) is 7.88. The van der Waals surface area contributed by atoms with E-state index in [9.17, 15) is 17.2 Å². The number of hydrogen-bond acceptors (Lipinski definition) is 5. The number of hydrogen-bond donors (Lipinski definition) is 1. The largest absolute Gasteiger partial charge is 0.361 e. The van der Waals surface area contributed by atoms with Crippen LogP contribution in [-0.4, -0.2) is 49.3 Å². The van der Waals surface area contributed by atoms with E-state index in [0.717, 1.165) is 25.9 Å². The normalized spacial score (nSPS) is 23.1. The summed E-state index contributed by atoms with van der Waals surface area (Å²) in [7, 11) is -3.09. The summed E-state index contributed by atoms with van der Waals surface area (Å²) in [5.41, 5.74) is 0.0533. The van der Waals surface area contributed by atoms with Gasteiger partial charge in [0.2, 0.25) is 0 Å². The first-order chi connectivity index (χ1) is 10.5. The Labute approximate surface area is 128 Å². The van der Waals surface area contributed by atoms with Crippen molar-refractivity contribution in [1.82, 2.24) is 15.1 Å². The number of piperidine rings is 1. The molecule has 0 unspecified atom stereocenters. The van der Waals surface area contributed by atoms with Crippen molar-refractivity contribution >= 4 is 15.5 Å². The van der Waals surface area contributed by atoms with Gasteiger partial charge in [-0.3, -0.25) is 4.68 Å². The molecule has 2 aliphatic heterocycles. The molecule has 0 saturated carbocycles. The summed E-state index contributed by atoms with van der Waals surface area (Å²) in [4.78, 5) is 1.59. The monoisotopic (exact) mass is 333 g/mol. The number of alkyl halides is 2. The molecule has 123 valence electrons. The van der Waals surface area contributed by atoms with E-state index in [4.69, 9.17) is 0 Å². The van der Waals surface area contributed by atoms with Gasteiger partial charge in [0, 0.05) is 12.7 Å². The van der Waals surface area contributed by atoms with Crippen molar-refractivity contribution in [1.29, 1.82) is 0 Å². The van der Waals surface area contributed by atoms with Crippen LogP contribution in [0.5, 0.6) is 0 Å². The number of sulfone groups is 1. The average molecular weight is 333 g/mol. The molecular formula is C13H19F2N4O2S. The van der Waals surface area contributed by atoms with Gasteiger partial charge < -0.3 is 10.2 Å². The summed E-state index contributed by atoms with van der Waals surface area (Å²) in [6.07, 6.45) is 0.653. The number of aromatic nitrogens is 2. The van der Waals surface area contributed by atoms with Crippen LogP contribution in [-0.2, 0) is 9.84 Å². The van der Waals surface area contributed by atoms with Crippen molar-refractivity contribution in [2.75, 3.05) is 36.0 Å². The lowest BCUT2D eigenvalue weighted by Crippen LogP contribution is -2.36. The fraction of sp³-hybridized carbons (Fsp3) is 0.692. The molecule has 0 aromatic carbocycles. The highest BCUT2D eigenvalue weighted by atomic mass is 32.2. The van der Waals surface area contributed by atoms with Gasteiger partial charge >= 0.3 is 0 Å². The summed E-state index contributed by atoms with van der Waals surface area (Å²) in [6, 6.07) is 0.112. The summed E-state index contributed by atoms with van der Waals surface area (Å²) >= 11 is 0. The minimum Gasteiger partial charge on any atom is -0.361 e. The van der Waals surface area contributed by atoms with E-state index in [1.165, 1.54) is 6.54 Å². The molecule has 22 heavy (non-hydrogen) atoms. The third kappa shape index (κ3) is 3.24. The average Bonchev–Trinajstić information content (AvgIpc) is 2.93. The van der Waals surface area contributed by atoms with Crippen molar-refractivity contribution in [3.05, 3.63) is 18.4 Å². The van der Waals surface area contributed by atoms with Crippen LogP contribution in [0.15, 0.2) is 6.20 Å². The van der Waals surface area contributed by atoms with Gasteiger partial charge in [0.05, 0.1) is 29.8 Å². The van der Waals surface area contributed by atoms with Crippen LogP contribution >= 0.6 is 0 Å². The number of anilines is 1. The topological polar surface area (TPSA) is 67.2 Å². The molecule has 2 aliphatic rings. The summed E-state index contributed by atoms with van der Waals surface area (Å²) in [5, 5.41) is 7.30. The molecule has 0 aliphatic carbocycles. The van der Waals surface area contributed by atoms with Crippen LogP contribution in [0.1, 0.15) is 31.0 Å². The lowest BCUT2D eigenvalue weighted by atomic mass is 10.1. The molecule has 1 radical (unpaired) electrons. The third-order valence-electron chi connectivity index (χ3n) is 4.13. The molecule has 2 saturated heterocycles. The van der Waals surface area contributed by atoms with Gasteiger partial charge in [-0.1, -0.05) is 0 Å². The molecule has 0 bridgehead atoms. The van der Waals surface area contributed by atoms with E-state index < -0.39 is 16.3 Å². The first kappa shape index (κ1) is 15.7. The number of halogens is 2. The van der Waals surface area contributed by atoms with Gasteiger partial charge in [0.1, 0.15) is 0 Å². The predicted molar refractivity (Wildman–Crippen MR) is 78.6 cm³/mol. The Bertz CT molecular complexity index is 612. The Hall–Kier alpha value is -1.22. The van der Waals surface area contributed by atoms with Gasteiger partial charge in [0.15, 0.2) is 15.5 Å². The van der Waals surface area contributed by atoms with Crippen LogP contribution in [0.25, 0.3) is 0 Å². The highest BCUT2D eigenvalue weighted by molar-refractivity contribution is 7.91. The summed E-state index contributed by atoms with van der Waals surface area (Å²) in [5.74, 6) is -0.140. The molecule has 1 N–H and O–H groups in total. The molecule has 3 rings (SSSR count). The van der Waals surface area contributed by atoms with Crippen molar-refractivity contribution in [3.63, 3.8) is 0 Å². The maximum atomic E-state index is 13.3. The van der Waals surface area contributed by atoms with Crippen molar-refractivity contribution in [2.24, 2.45) is 0 Å². The van der Waals surface area contributed by atoms with E-state index in [2.05, 4.69) is 10.4 Å². The van der Waals surface area contributed by atoms with Crippen molar-refractivity contribution in [3.8, 4) is 0 Å². The van der Waals surface area contributed by atoms with E-state index in [1.54, 1.807) is 15.8 Å². The number of nitrogens with zero attached hydrogens (tertiary/aromatic N) is 3. The van der Waals surface area contributed by atoms with E-state index in [0.29, 0.717) is 5.69 Å². The van der Waals surface area contributed by atoms with Crippen LogP contribution in [0, 0.1) is 6.54 Å². The molecular weight excluding hydrogens is 314 g/mol. The lowest BCUT2D eigenvalue weighted by molar-refractivity contribution is 0.144. The fourth-order valence-corrected chi connectivity index (χ4v) is 3.91. The first-order valence-electron chi connectivity index (χ1n) is 7.34. The Morgan fingerprint density at radius 3 is 2.64 bits per heavy atom. The molecule has 0 atom stereocenters. The number of nitrogens with one attached hydrogen (secondary N) is 1. The quantitative estimate of drug-likeness (QED) is 0.898. The van der Waals surface area contributed by atoms with Crippen LogP contribution in [0.2, 0.25) is 0 Å². The Balaban J connectivity index is 1.84. The minimum absolute atomic E-state index is 0.0231. The summed E-state index contributed by atoms with van der Waals surface area (Å²) < 4.78 is 51.1. The van der Waals surface area contributed by atoms with Crippen molar-refractivity contribution in [2.45, 2.75) is 25.3 Å². The summed E-state index contributed by atoms with van der Waals surface area (Å²) in [6.45, 7) is 3.35. The molecule has 0 spiro atoms. The third-order valence-corrected chi connectivity index (χ3v) is 5.59. The lowest BCUT2D eigenvalue weighted by Gasteiger charge is -2.27. The van der Waals surface area contributed by atoms with Gasteiger partial charge in [-0.05, 0) is 25.9 Å². The second kappa shape index (κ2) is 6.11. The highest BCUT2D eigenvalue weighted by Crippen LogP contribution is 2.32. The smallest absolute Gasteiger partial charge is 0.284 e. The maximum absolute atomic E-state index is 13.3. The fourth-order valence-electron chi connectivity index (χ4n) is 2.87. The van der Waals surface area contributed by atoms with Crippen molar-refractivity contribution < 1.29 is 17.2 Å². The zero-order chi connectivity index (χ0) is 15.7. The van der Waals surface area contributed by atoms with Gasteiger partial charge in [0.25, 0.3) is 6.43 Å². The molecule has 0 amide bonds. The predicted octanol–water partition coefficient (Wildman–Crippen LogP) is 1.14. The molecule has 1 aromatic heterocycles. The molecule has 2 fully saturated rings. The van der Waals surface area contributed by atoms with Gasteiger partial charge in [-0.2, -0.15) is 5.10 Å². The van der Waals surface area contributed by atoms with E-state index in [-0.39, 0.29) is 29.8 Å². The highest BCUT2D eigenvalue weighted by Gasteiger charge is 2.29.